The van der Waals surface area contributed by atoms with Gasteiger partial charge in [-0.2, -0.15) is 4.98 Å². The van der Waals surface area contributed by atoms with Crippen LogP contribution in [0.5, 0.6) is 0 Å². The van der Waals surface area contributed by atoms with Crippen molar-refractivity contribution in [3.05, 3.63) is 41.0 Å². The molecule has 1 saturated heterocycles. The van der Waals surface area contributed by atoms with Crippen LogP contribution >= 0.6 is 11.3 Å². The topological polar surface area (TPSA) is 73.1 Å². The maximum absolute atomic E-state index is 5.49. The van der Waals surface area contributed by atoms with Crippen molar-refractivity contribution in [3.8, 4) is 0 Å². The number of fused-ring (bicyclic) bond motifs is 1. The Labute approximate surface area is 144 Å². The number of nitrogens with zero attached hydrogens (tertiary/aromatic N) is 3. The highest BCUT2D eigenvalue weighted by molar-refractivity contribution is 7.17. The quantitative estimate of drug-likeness (QED) is 0.766. The molecule has 7 heteroatoms. The van der Waals surface area contributed by atoms with Crippen LogP contribution in [0.3, 0.4) is 0 Å². The monoisotopic (exact) mass is 344 g/mol. The summed E-state index contributed by atoms with van der Waals surface area (Å²) in [5, 5.41) is 9.63. The van der Waals surface area contributed by atoms with E-state index in [1.807, 2.05) is 19.2 Å². The summed E-state index contributed by atoms with van der Waals surface area (Å²) in [5.74, 6) is 1.78. The molecule has 6 nitrogen and oxygen atoms in total. The lowest BCUT2D eigenvalue weighted by molar-refractivity contribution is 0.0485. The molecule has 3 aromatic rings. The van der Waals surface area contributed by atoms with E-state index in [-0.39, 0.29) is 6.04 Å². The summed E-state index contributed by atoms with van der Waals surface area (Å²) in [6.07, 6.45) is 3.94. The van der Waals surface area contributed by atoms with E-state index in [0.29, 0.717) is 17.6 Å². The predicted octanol–water partition coefficient (Wildman–Crippen LogP) is 3.25. The number of thiophene rings is 1. The smallest absolute Gasteiger partial charge is 0.244 e. The number of nitrogens with one attached hydrogen (secondary N) is 1. The van der Waals surface area contributed by atoms with E-state index in [1.165, 1.54) is 10.3 Å². The molecule has 0 saturated carbocycles. The summed E-state index contributed by atoms with van der Waals surface area (Å²) in [5.41, 5.74) is 2.22. The van der Waals surface area contributed by atoms with E-state index in [4.69, 9.17) is 9.26 Å². The van der Waals surface area contributed by atoms with Gasteiger partial charge in [0.25, 0.3) is 0 Å². The van der Waals surface area contributed by atoms with Crippen LogP contribution < -0.4 is 5.32 Å². The first kappa shape index (κ1) is 15.7. The highest BCUT2D eigenvalue weighted by Gasteiger charge is 2.29. The summed E-state index contributed by atoms with van der Waals surface area (Å²) in [6, 6.07) is 4.29. The highest BCUT2D eigenvalue weighted by atomic mass is 32.1. The SMILES string of the molecule is Cc1noc(C(NCc2cnc3ccsc3c2)C2CCOCC2)n1. The standard InChI is InChI=1S/C17H20N4O2S/c1-11-20-17(23-21-11)16(13-2-5-22-6-3-13)19-10-12-8-15-14(18-9-12)4-7-24-15/h4,7-9,13,16,19H,2-3,5-6,10H2,1H3. The molecule has 0 spiro atoms. The molecule has 0 amide bonds. The Morgan fingerprint density at radius 1 is 1.38 bits per heavy atom. The predicted molar refractivity (Wildman–Crippen MR) is 91.8 cm³/mol. The maximum atomic E-state index is 5.49. The first-order valence-electron chi connectivity index (χ1n) is 8.23. The van der Waals surface area contributed by atoms with E-state index in [1.54, 1.807) is 11.3 Å². The van der Waals surface area contributed by atoms with Gasteiger partial charge in [0.2, 0.25) is 5.89 Å². The van der Waals surface area contributed by atoms with Crippen LogP contribution in [0.4, 0.5) is 0 Å². The lowest BCUT2D eigenvalue weighted by atomic mass is 9.91. The van der Waals surface area contributed by atoms with Crippen molar-refractivity contribution >= 4 is 21.6 Å². The number of hydrogen-bond donors (Lipinski definition) is 1. The zero-order chi connectivity index (χ0) is 16.4. The number of hydrogen-bond acceptors (Lipinski definition) is 7. The summed E-state index contributed by atoms with van der Waals surface area (Å²) in [7, 11) is 0. The molecule has 126 valence electrons. The van der Waals surface area contributed by atoms with Gasteiger partial charge in [0, 0.05) is 26.0 Å². The van der Waals surface area contributed by atoms with Gasteiger partial charge in [-0.15, -0.1) is 11.3 Å². The zero-order valence-corrected chi connectivity index (χ0v) is 14.4. The molecule has 1 fully saturated rings. The van der Waals surface area contributed by atoms with Gasteiger partial charge in [0.05, 0.1) is 16.3 Å². The molecule has 0 aliphatic carbocycles. The van der Waals surface area contributed by atoms with Crippen molar-refractivity contribution < 1.29 is 9.26 Å². The van der Waals surface area contributed by atoms with Crippen LogP contribution in [-0.4, -0.2) is 28.3 Å². The zero-order valence-electron chi connectivity index (χ0n) is 13.6. The van der Waals surface area contributed by atoms with Crippen molar-refractivity contribution in [2.45, 2.75) is 32.4 Å². The van der Waals surface area contributed by atoms with Crippen LogP contribution in [0.15, 0.2) is 28.2 Å². The van der Waals surface area contributed by atoms with E-state index in [0.717, 1.165) is 38.1 Å². The summed E-state index contributed by atoms with van der Waals surface area (Å²) in [4.78, 5) is 8.95. The van der Waals surface area contributed by atoms with Crippen LogP contribution in [0.1, 0.15) is 36.2 Å². The highest BCUT2D eigenvalue weighted by Crippen LogP contribution is 2.30. The Morgan fingerprint density at radius 3 is 3.04 bits per heavy atom. The molecule has 0 bridgehead atoms. The second kappa shape index (κ2) is 6.96. The Morgan fingerprint density at radius 2 is 2.25 bits per heavy atom. The van der Waals surface area contributed by atoms with Crippen molar-refractivity contribution in [3.63, 3.8) is 0 Å². The molecule has 1 atom stereocenters. The maximum Gasteiger partial charge on any atom is 0.244 e. The van der Waals surface area contributed by atoms with Crippen molar-refractivity contribution in [1.82, 2.24) is 20.4 Å². The lowest BCUT2D eigenvalue weighted by Crippen LogP contribution is -2.32. The Bertz CT molecular complexity index is 810. The van der Waals surface area contributed by atoms with Gasteiger partial charge in [-0.25, -0.2) is 0 Å². The average molecular weight is 344 g/mol. The third-order valence-electron chi connectivity index (χ3n) is 4.43. The molecule has 1 aliphatic heterocycles. The van der Waals surface area contributed by atoms with Gasteiger partial charge in [-0.05, 0) is 48.8 Å². The van der Waals surface area contributed by atoms with Gasteiger partial charge in [0.1, 0.15) is 0 Å². The Hall–Kier alpha value is -1.83. The van der Waals surface area contributed by atoms with Crippen LogP contribution in [0.25, 0.3) is 10.2 Å². The molecule has 3 aromatic heterocycles. The fourth-order valence-electron chi connectivity index (χ4n) is 3.16. The molecular weight excluding hydrogens is 324 g/mol. The second-order valence-corrected chi connectivity index (χ2v) is 7.08. The Balaban J connectivity index is 1.52. The van der Waals surface area contributed by atoms with E-state index >= 15 is 0 Å². The van der Waals surface area contributed by atoms with Gasteiger partial charge in [0.15, 0.2) is 5.82 Å². The molecule has 4 heterocycles. The molecule has 1 unspecified atom stereocenters. The molecule has 1 aliphatic rings. The van der Waals surface area contributed by atoms with Gasteiger partial charge in [-0.3, -0.25) is 4.98 Å². The van der Waals surface area contributed by atoms with E-state index in [9.17, 15) is 0 Å². The third-order valence-corrected chi connectivity index (χ3v) is 5.29. The Kier molecular flexibility index (Phi) is 4.55. The number of aryl methyl sites for hydroxylation is 1. The molecular formula is C17H20N4O2S. The van der Waals surface area contributed by atoms with Crippen LogP contribution in [0, 0.1) is 12.8 Å². The first-order valence-corrected chi connectivity index (χ1v) is 9.11. The number of aromatic nitrogens is 3. The second-order valence-electron chi connectivity index (χ2n) is 6.14. The van der Waals surface area contributed by atoms with Crippen LogP contribution in [-0.2, 0) is 11.3 Å². The molecule has 4 rings (SSSR count). The van der Waals surface area contributed by atoms with E-state index < -0.39 is 0 Å². The minimum Gasteiger partial charge on any atom is -0.381 e. The number of rotatable bonds is 5. The minimum absolute atomic E-state index is 0.0501. The first-order chi connectivity index (χ1) is 11.8. The van der Waals surface area contributed by atoms with Crippen molar-refractivity contribution in [2.75, 3.05) is 13.2 Å². The third kappa shape index (κ3) is 3.33. The minimum atomic E-state index is 0.0501. The fourth-order valence-corrected chi connectivity index (χ4v) is 3.96. The van der Waals surface area contributed by atoms with Crippen molar-refractivity contribution in [1.29, 1.82) is 0 Å². The van der Waals surface area contributed by atoms with Crippen LogP contribution in [0.2, 0.25) is 0 Å². The average Bonchev–Trinajstić information content (AvgIpc) is 3.24. The van der Waals surface area contributed by atoms with Gasteiger partial charge < -0.3 is 14.6 Å². The summed E-state index contributed by atoms with van der Waals surface area (Å²) >= 11 is 1.72. The van der Waals surface area contributed by atoms with E-state index in [2.05, 4.69) is 31.9 Å². The molecule has 1 N–H and O–H groups in total. The number of pyridine rings is 1. The molecule has 24 heavy (non-hydrogen) atoms. The van der Waals surface area contributed by atoms with Gasteiger partial charge in [-0.1, -0.05) is 5.16 Å². The lowest BCUT2D eigenvalue weighted by Gasteiger charge is -2.28. The summed E-state index contributed by atoms with van der Waals surface area (Å²) in [6.45, 7) is 4.16. The van der Waals surface area contributed by atoms with Crippen molar-refractivity contribution in [2.24, 2.45) is 5.92 Å². The fraction of sp³-hybridized carbons (Fsp3) is 0.471. The normalized spacial score (nSPS) is 17.4. The molecule has 0 radical (unpaired) electrons. The largest absolute Gasteiger partial charge is 0.381 e. The molecule has 0 aromatic carbocycles. The number of ether oxygens (including phenoxy) is 1. The summed E-state index contributed by atoms with van der Waals surface area (Å²) < 4.78 is 12.2. The van der Waals surface area contributed by atoms with Gasteiger partial charge >= 0.3 is 0 Å².